The van der Waals surface area contributed by atoms with E-state index >= 15 is 0 Å². The van der Waals surface area contributed by atoms with E-state index in [9.17, 15) is 14.0 Å². The lowest BCUT2D eigenvalue weighted by Gasteiger charge is -2.39. The zero-order valence-corrected chi connectivity index (χ0v) is 23.1. The third-order valence-electron chi connectivity index (χ3n) is 6.92. The maximum absolute atomic E-state index is 14.2. The van der Waals surface area contributed by atoms with Crippen LogP contribution in [0.25, 0.3) is 0 Å². The number of anilines is 1. The summed E-state index contributed by atoms with van der Waals surface area (Å²) >= 11 is 12.4. The molecule has 2 atom stereocenters. The summed E-state index contributed by atoms with van der Waals surface area (Å²) in [5.41, 5.74) is 2.51. The molecule has 2 aromatic carbocycles. The number of amides is 2. The second kappa shape index (κ2) is 13.0. The van der Waals surface area contributed by atoms with Gasteiger partial charge in [0.05, 0.1) is 13.2 Å². The number of cyclic esters (lactones) is 1. The first-order valence-corrected chi connectivity index (χ1v) is 13.4. The number of methoxy groups -OCH3 is 1. The molecule has 0 saturated carbocycles. The van der Waals surface area contributed by atoms with E-state index in [1.807, 2.05) is 6.92 Å². The van der Waals surface area contributed by atoms with Crippen LogP contribution >= 0.6 is 23.2 Å². The van der Waals surface area contributed by atoms with E-state index in [0.29, 0.717) is 55.9 Å². The Labute approximate surface area is 232 Å². The molecule has 0 aromatic heterocycles. The van der Waals surface area contributed by atoms with Crippen LogP contribution in [0.15, 0.2) is 36.4 Å². The fourth-order valence-electron chi connectivity index (χ4n) is 4.87. The topological polar surface area (TPSA) is 74.3 Å². The molecule has 0 bridgehead atoms. The molecule has 2 amide bonds. The first-order chi connectivity index (χ1) is 18.3. The van der Waals surface area contributed by atoms with E-state index in [1.54, 1.807) is 42.3 Å². The number of nitrogens with zero attached hydrogens (tertiary/aromatic N) is 3. The Bertz CT molecular complexity index is 1150. The first-order valence-electron chi connectivity index (χ1n) is 12.7. The Morgan fingerprint density at radius 3 is 2.50 bits per heavy atom. The number of piperazine rings is 1. The molecule has 38 heavy (non-hydrogen) atoms. The molecule has 0 aliphatic carbocycles. The van der Waals surface area contributed by atoms with Gasteiger partial charge in [-0.1, -0.05) is 35.3 Å². The van der Waals surface area contributed by atoms with Crippen molar-refractivity contribution in [3.8, 4) is 0 Å². The van der Waals surface area contributed by atoms with E-state index in [1.165, 1.54) is 11.0 Å². The average molecular weight is 567 g/mol. The van der Waals surface area contributed by atoms with Gasteiger partial charge in [0.1, 0.15) is 18.5 Å². The molecule has 2 aliphatic rings. The van der Waals surface area contributed by atoms with Gasteiger partial charge < -0.3 is 24.6 Å². The summed E-state index contributed by atoms with van der Waals surface area (Å²) in [7, 11) is 1.66. The highest BCUT2D eigenvalue weighted by atomic mass is 35.5. The number of carbonyl (C=O) groups excluding carboxylic acids is 2. The number of hydrogen-bond acceptors (Lipinski definition) is 6. The first kappa shape index (κ1) is 28.4. The number of benzene rings is 2. The number of hydrogen-bond donors (Lipinski definition) is 1. The van der Waals surface area contributed by atoms with Crippen molar-refractivity contribution < 1.29 is 23.5 Å². The molecule has 2 unspecified atom stereocenters. The molecule has 0 radical (unpaired) electrons. The van der Waals surface area contributed by atoms with E-state index < -0.39 is 12.1 Å². The van der Waals surface area contributed by atoms with Gasteiger partial charge in [-0.3, -0.25) is 9.69 Å². The maximum atomic E-state index is 14.2. The van der Waals surface area contributed by atoms with Crippen molar-refractivity contribution in [3.05, 3.63) is 63.4 Å². The molecule has 206 valence electrons. The normalized spacial score (nSPS) is 17.5. The number of rotatable bonds is 10. The van der Waals surface area contributed by atoms with Crippen LogP contribution < -0.4 is 10.2 Å². The Hall–Kier alpha value is -2.59. The number of ether oxygens (including phenoxy) is 2. The van der Waals surface area contributed by atoms with Gasteiger partial charge in [0, 0.05) is 68.0 Å². The number of nitrogens with one attached hydrogen (secondary N) is 1. The van der Waals surface area contributed by atoms with Crippen molar-refractivity contribution in [1.29, 1.82) is 0 Å². The van der Waals surface area contributed by atoms with E-state index in [4.69, 9.17) is 32.7 Å². The fraction of sp³-hybridized carbons (Fsp3) is 0.481. The summed E-state index contributed by atoms with van der Waals surface area (Å²) in [5, 5.41) is 4.34. The van der Waals surface area contributed by atoms with Crippen LogP contribution in [0.1, 0.15) is 18.1 Å². The van der Waals surface area contributed by atoms with Crippen molar-refractivity contribution in [2.75, 3.05) is 57.9 Å². The van der Waals surface area contributed by atoms with Crippen LogP contribution in [0.5, 0.6) is 0 Å². The van der Waals surface area contributed by atoms with Crippen molar-refractivity contribution in [2.24, 2.45) is 0 Å². The van der Waals surface area contributed by atoms with Crippen molar-refractivity contribution >= 4 is 40.9 Å². The summed E-state index contributed by atoms with van der Waals surface area (Å²) in [6.07, 6.45) is -0.254. The molecule has 2 fully saturated rings. The highest BCUT2D eigenvalue weighted by Crippen LogP contribution is 2.27. The van der Waals surface area contributed by atoms with Gasteiger partial charge >= 0.3 is 6.09 Å². The second-order valence-electron chi connectivity index (χ2n) is 9.59. The van der Waals surface area contributed by atoms with Crippen molar-refractivity contribution in [3.63, 3.8) is 0 Å². The van der Waals surface area contributed by atoms with Gasteiger partial charge in [0.15, 0.2) is 0 Å². The van der Waals surface area contributed by atoms with Crippen LogP contribution in [0, 0.1) is 5.82 Å². The molecule has 2 aromatic rings. The lowest BCUT2D eigenvalue weighted by atomic mass is 10.0. The molecule has 2 saturated heterocycles. The summed E-state index contributed by atoms with van der Waals surface area (Å²) in [6, 6.07) is 9.32. The van der Waals surface area contributed by atoms with E-state index in [-0.39, 0.29) is 30.8 Å². The largest absolute Gasteiger partial charge is 0.448 e. The predicted octanol–water partition coefficient (Wildman–Crippen LogP) is 3.97. The van der Waals surface area contributed by atoms with Gasteiger partial charge in [-0.05, 0) is 42.3 Å². The third-order valence-corrected chi connectivity index (χ3v) is 7.51. The Morgan fingerprint density at radius 2 is 1.84 bits per heavy atom. The minimum absolute atomic E-state index is 0.149. The molecule has 2 heterocycles. The smallest absolute Gasteiger partial charge is 0.410 e. The van der Waals surface area contributed by atoms with E-state index in [2.05, 4.69) is 10.2 Å². The molecule has 1 N–H and O–H groups in total. The Balaban J connectivity index is 1.46. The minimum Gasteiger partial charge on any atom is -0.448 e. The average Bonchev–Trinajstić information content (AvgIpc) is 3.33. The molecule has 11 heteroatoms. The molecule has 0 spiro atoms. The number of carbonyl (C=O) groups is 2. The molecular formula is C27H33Cl2FN4O4. The summed E-state index contributed by atoms with van der Waals surface area (Å²) in [6.45, 7) is 5.70. The quantitative estimate of drug-likeness (QED) is 0.469. The summed E-state index contributed by atoms with van der Waals surface area (Å²) in [5.74, 6) is -0.469. The maximum Gasteiger partial charge on any atom is 0.410 e. The van der Waals surface area contributed by atoms with Gasteiger partial charge in [0.2, 0.25) is 5.91 Å². The molecule has 2 aliphatic heterocycles. The standard InChI is InChI=1S/C27H33Cl2FN4O4/c1-18(17-37-2)31-16-20-4-6-22(30)15-24(20)32-7-9-33(10-8-32)26(35)25(34-11-12-38-27(34)36)13-19-3-5-21(28)14-23(19)29/h3-6,14-15,18,25,31H,7-13,16-17H2,1-2H3. The van der Waals surface area contributed by atoms with Crippen LogP contribution in [0.2, 0.25) is 10.0 Å². The van der Waals surface area contributed by atoms with Crippen molar-refractivity contribution in [1.82, 2.24) is 15.1 Å². The molecule has 8 nitrogen and oxygen atoms in total. The van der Waals surface area contributed by atoms with Crippen LogP contribution in [0.3, 0.4) is 0 Å². The van der Waals surface area contributed by atoms with E-state index in [0.717, 1.165) is 16.8 Å². The summed E-state index contributed by atoms with van der Waals surface area (Å²) in [4.78, 5) is 31.5. The zero-order chi connectivity index (χ0) is 27.2. The van der Waals surface area contributed by atoms with Gasteiger partial charge in [-0.2, -0.15) is 0 Å². The molecule has 4 rings (SSSR count). The second-order valence-corrected chi connectivity index (χ2v) is 10.4. The monoisotopic (exact) mass is 566 g/mol. The SMILES string of the molecule is COCC(C)NCc1ccc(F)cc1N1CCN(C(=O)C(Cc2ccc(Cl)cc2Cl)N2CCOC2=O)CC1. The van der Waals surface area contributed by atoms with Gasteiger partial charge in [0.25, 0.3) is 0 Å². The fourth-order valence-corrected chi connectivity index (χ4v) is 5.35. The van der Waals surface area contributed by atoms with Gasteiger partial charge in [-0.15, -0.1) is 0 Å². The molecular weight excluding hydrogens is 534 g/mol. The van der Waals surface area contributed by atoms with Crippen LogP contribution in [-0.2, 0) is 27.2 Å². The van der Waals surface area contributed by atoms with Crippen molar-refractivity contribution in [2.45, 2.75) is 32.0 Å². The zero-order valence-electron chi connectivity index (χ0n) is 21.6. The minimum atomic E-state index is -0.744. The number of halogens is 3. The Morgan fingerprint density at radius 1 is 1.11 bits per heavy atom. The van der Waals surface area contributed by atoms with Gasteiger partial charge in [-0.25, -0.2) is 9.18 Å². The summed E-state index contributed by atoms with van der Waals surface area (Å²) < 4.78 is 24.5. The van der Waals surface area contributed by atoms with Crippen LogP contribution in [0.4, 0.5) is 14.9 Å². The lowest BCUT2D eigenvalue weighted by Crippen LogP contribution is -2.56. The highest BCUT2D eigenvalue weighted by Gasteiger charge is 2.38. The highest BCUT2D eigenvalue weighted by molar-refractivity contribution is 6.35. The third kappa shape index (κ3) is 6.88. The predicted molar refractivity (Wildman–Crippen MR) is 145 cm³/mol. The Kier molecular flexibility index (Phi) is 9.70. The van der Waals surface area contributed by atoms with Crippen LogP contribution in [-0.4, -0.2) is 86.9 Å². The lowest BCUT2D eigenvalue weighted by molar-refractivity contribution is -0.136.